The summed E-state index contributed by atoms with van der Waals surface area (Å²) in [5.74, 6) is 0.583. The van der Waals surface area contributed by atoms with E-state index in [0.717, 1.165) is 11.3 Å². The number of Topliss-reactive ketones (excluding diaryl/α,β-unsaturated/α-hetero) is 1. The maximum atomic E-state index is 12.2. The molecular weight excluding hydrogens is 348 g/mol. The molecule has 2 aromatic carbocycles. The van der Waals surface area contributed by atoms with Crippen LogP contribution in [0.5, 0.6) is 5.75 Å². The van der Waals surface area contributed by atoms with Crippen molar-refractivity contribution >= 4 is 23.0 Å². The maximum absolute atomic E-state index is 12.2. The smallest absolute Gasteiger partial charge is 0.263 e. The number of aromatic nitrogens is 1. The van der Waals surface area contributed by atoms with Gasteiger partial charge < -0.3 is 10.1 Å². The zero-order valence-corrected chi connectivity index (χ0v) is 15.1. The number of carbonyl (C=O) groups excluding carboxylic acids is 2. The highest BCUT2D eigenvalue weighted by Crippen LogP contribution is 2.26. The van der Waals surface area contributed by atoms with Gasteiger partial charge in [-0.3, -0.25) is 9.59 Å². The summed E-state index contributed by atoms with van der Waals surface area (Å²) in [6.07, 6.45) is 1.55. The number of ketones is 1. The second kappa shape index (κ2) is 8.40. The van der Waals surface area contributed by atoms with Crippen molar-refractivity contribution in [2.24, 2.45) is 0 Å². The molecule has 0 unspecified atom stereocenters. The van der Waals surface area contributed by atoms with Crippen LogP contribution in [0, 0.1) is 0 Å². The minimum absolute atomic E-state index is 0.000196. The molecule has 6 heteroatoms. The molecule has 132 valence electrons. The van der Waals surface area contributed by atoms with Crippen LogP contribution in [0.4, 0.5) is 0 Å². The highest BCUT2D eigenvalue weighted by Gasteiger charge is 2.12. The highest BCUT2D eigenvalue weighted by molar-refractivity contribution is 7.16. The molecule has 1 heterocycles. The van der Waals surface area contributed by atoms with E-state index in [2.05, 4.69) is 10.3 Å². The zero-order chi connectivity index (χ0) is 18.4. The number of benzene rings is 2. The SMILES string of the molecule is CC(=O)c1cccc(-c2ncc(C(=O)NCCOc3ccccc3)s2)c1. The average Bonchev–Trinajstić information content (AvgIpc) is 3.16. The molecule has 0 bridgehead atoms. The van der Waals surface area contributed by atoms with Crippen molar-refractivity contribution in [3.63, 3.8) is 0 Å². The van der Waals surface area contributed by atoms with Crippen molar-refractivity contribution in [3.05, 3.63) is 71.2 Å². The van der Waals surface area contributed by atoms with Gasteiger partial charge in [-0.15, -0.1) is 11.3 Å². The van der Waals surface area contributed by atoms with Crippen LogP contribution in [0.15, 0.2) is 60.8 Å². The molecular formula is C20H18N2O3S. The van der Waals surface area contributed by atoms with Gasteiger partial charge in [0.05, 0.1) is 12.7 Å². The number of hydrogen-bond acceptors (Lipinski definition) is 5. The lowest BCUT2D eigenvalue weighted by Gasteiger charge is -2.06. The molecule has 1 aromatic heterocycles. The second-order valence-corrected chi connectivity index (χ2v) is 6.61. The Labute approximate surface area is 155 Å². The maximum Gasteiger partial charge on any atom is 0.263 e. The molecule has 26 heavy (non-hydrogen) atoms. The van der Waals surface area contributed by atoms with Gasteiger partial charge in [-0.2, -0.15) is 0 Å². The Balaban J connectivity index is 1.56. The van der Waals surface area contributed by atoms with Crippen molar-refractivity contribution in [1.82, 2.24) is 10.3 Å². The molecule has 1 N–H and O–H groups in total. The lowest BCUT2D eigenvalue weighted by Crippen LogP contribution is -2.27. The molecule has 3 rings (SSSR count). The Morgan fingerprint density at radius 1 is 1.12 bits per heavy atom. The number of amides is 1. The summed E-state index contributed by atoms with van der Waals surface area (Å²) in [7, 11) is 0. The van der Waals surface area contributed by atoms with Gasteiger partial charge in [0, 0.05) is 11.1 Å². The van der Waals surface area contributed by atoms with Crippen LogP contribution in [-0.4, -0.2) is 29.8 Å². The largest absolute Gasteiger partial charge is 0.492 e. The van der Waals surface area contributed by atoms with Crippen LogP contribution in [0.1, 0.15) is 27.0 Å². The number of nitrogens with zero attached hydrogens (tertiary/aromatic N) is 1. The fourth-order valence-electron chi connectivity index (χ4n) is 2.32. The molecule has 0 atom stereocenters. The molecule has 0 aliphatic heterocycles. The molecule has 0 radical (unpaired) electrons. The minimum atomic E-state index is -0.187. The first-order valence-electron chi connectivity index (χ1n) is 8.17. The quantitative estimate of drug-likeness (QED) is 0.510. The van der Waals surface area contributed by atoms with Crippen molar-refractivity contribution in [2.75, 3.05) is 13.2 Å². The number of carbonyl (C=O) groups is 2. The molecule has 1 amide bonds. The van der Waals surface area contributed by atoms with Gasteiger partial charge in [0.2, 0.25) is 0 Å². The molecule has 0 fully saturated rings. The summed E-state index contributed by atoms with van der Waals surface area (Å²) in [5.41, 5.74) is 1.45. The Morgan fingerprint density at radius 3 is 2.69 bits per heavy atom. The lowest BCUT2D eigenvalue weighted by molar-refractivity contribution is 0.0950. The number of ether oxygens (including phenoxy) is 1. The van der Waals surface area contributed by atoms with Crippen LogP contribution in [0.25, 0.3) is 10.6 Å². The zero-order valence-electron chi connectivity index (χ0n) is 14.3. The summed E-state index contributed by atoms with van der Waals surface area (Å²) in [6.45, 7) is 2.32. The number of nitrogens with one attached hydrogen (secondary N) is 1. The predicted molar refractivity (Wildman–Crippen MR) is 102 cm³/mol. The summed E-state index contributed by atoms with van der Waals surface area (Å²) in [5, 5.41) is 3.52. The van der Waals surface area contributed by atoms with Gasteiger partial charge >= 0.3 is 0 Å². The van der Waals surface area contributed by atoms with Gasteiger partial charge in [0.25, 0.3) is 5.91 Å². The van der Waals surface area contributed by atoms with Gasteiger partial charge in [0.15, 0.2) is 5.78 Å². The van der Waals surface area contributed by atoms with Crippen LogP contribution in [-0.2, 0) is 0 Å². The third kappa shape index (κ3) is 4.55. The Bertz CT molecular complexity index is 906. The minimum Gasteiger partial charge on any atom is -0.492 e. The van der Waals surface area contributed by atoms with E-state index in [0.29, 0.717) is 28.6 Å². The Morgan fingerprint density at radius 2 is 1.92 bits per heavy atom. The molecule has 0 aliphatic carbocycles. The molecule has 0 aliphatic rings. The van der Waals surface area contributed by atoms with E-state index in [1.165, 1.54) is 18.3 Å². The Hall–Kier alpha value is -2.99. The molecule has 3 aromatic rings. The highest BCUT2D eigenvalue weighted by atomic mass is 32.1. The first-order chi connectivity index (χ1) is 12.6. The van der Waals surface area contributed by atoms with Gasteiger partial charge in [-0.05, 0) is 25.1 Å². The van der Waals surface area contributed by atoms with Crippen LogP contribution in [0.2, 0.25) is 0 Å². The van der Waals surface area contributed by atoms with Crippen LogP contribution >= 0.6 is 11.3 Å². The number of para-hydroxylation sites is 1. The van der Waals surface area contributed by atoms with E-state index >= 15 is 0 Å². The Kier molecular flexibility index (Phi) is 5.76. The van der Waals surface area contributed by atoms with Crippen molar-refractivity contribution in [3.8, 4) is 16.3 Å². The third-order valence-electron chi connectivity index (χ3n) is 3.65. The second-order valence-electron chi connectivity index (χ2n) is 5.58. The summed E-state index contributed by atoms with van der Waals surface area (Å²) < 4.78 is 5.54. The molecule has 0 saturated heterocycles. The van der Waals surface area contributed by atoms with Crippen molar-refractivity contribution < 1.29 is 14.3 Å². The van der Waals surface area contributed by atoms with E-state index in [1.807, 2.05) is 42.5 Å². The monoisotopic (exact) mass is 366 g/mol. The number of rotatable bonds is 7. The van der Waals surface area contributed by atoms with E-state index < -0.39 is 0 Å². The first-order valence-corrected chi connectivity index (χ1v) is 8.98. The fourth-order valence-corrected chi connectivity index (χ4v) is 3.15. The molecule has 5 nitrogen and oxygen atoms in total. The van der Waals surface area contributed by atoms with E-state index in [9.17, 15) is 9.59 Å². The summed E-state index contributed by atoms with van der Waals surface area (Å²) in [4.78, 5) is 28.5. The molecule has 0 spiro atoms. The van der Waals surface area contributed by atoms with E-state index in [1.54, 1.807) is 18.3 Å². The predicted octanol–water partition coefficient (Wildman–Crippen LogP) is 3.82. The van der Waals surface area contributed by atoms with Crippen molar-refractivity contribution in [2.45, 2.75) is 6.92 Å². The van der Waals surface area contributed by atoms with Crippen molar-refractivity contribution in [1.29, 1.82) is 0 Å². The third-order valence-corrected chi connectivity index (χ3v) is 4.69. The average molecular weight is 366 g/mol. The standard InChI is InChI=1S/C20H18N2O3S/c1-14(23)15-6-5-7-16(12-15)20-22-13-18(26-20)19(24)21-10-11-25-17-8-3-2-4-9-17/h2-9,12-13H,10-11H2,1H3,(H,21,24). The van der Waals surface area contributed by atoms with Crippen LogP contribution < -0.4 is 10.1 Å². The fraction of sp³-hybridized carbons (Fsp3) is 0.150. The van der Waals surface area contributed by atoms with Gasteiger partial charge in [0.1, 0.15) is 22.2 Å². The van der Waals surface area contributed by atoms with Crippen LogP contribution in [0.3, 0.4) is 0 Å². The summed E-state index contributed by atoms with van der Waals surface area (Å²) in [6, 6.07) is 16.7. The van der Waals surface area contributed by atoms with E-state index in [-0.39, 0.29) is 11.7 Å². The van der Waals surface area contributed by atoms with E-state index in [4.69, 9.17) is 4.74 Å². The van der Waals surface area contributed by atoms with Gasteiger partial charge in [-0.25, -0.2) is 4.98 Å². The normalized spacial score (nSPS) is 10.3. The topological polar surface area (TPSA) is 68.3 Å². The first kappa shape index (κ1) is 17.8. The summed E-state index contributed by atoms with van der Waals surface area (Å²) >= 11 is 1.29. The number of thiazole rings is 1. The molecule has 0 saturated carbocycles. The lowest BCUT2D eigenvalue weighted by atomic mass is 10.1. The number of hydrogen-bond donors (Lipinski definition) is 1. The van der Waals surface area contributed by atoms with Gasteiger partial charge in [-0.1, -0.05) is 36.4 Å².